The van der Waals surface area contributed by atoms with Crippen LogP contribution in [0.3, 0.4) is 0 Å². The van der Waals surface area contributed by atoms with Gasteiger partial charge in [0, 0.05) is 0 Å². The summed E-state index contributed by atoms with van der Waals surface area (Å²) in [5.41, 5.74) is -8.51. The van der Waals surface area contributed by atoms with E-state index in [1.54, 1.807) is 0 Å². The van der Waals surface area contributed by atoms with E-state index in [0.29, 0.717) is 0 Å². The summed E-state index contributed by atoms with van der Waals surface area (Å²) in [5, 5.41) is 6.91. The smallest absolute Gasteiger partial charge is 0.373 e. The van der Waals surface area contributed by atoms with Crippen LogP contribution in [0, 0.1) is 10.8 Å². The monoisotopic (exact) mass is 342 g/mol. The zero-order valence-corrected chi connectivity index (χ0v) is 13.9. The molecule has 9 heteroatoms. The highest BCUT2D eigenvalue weighted by molar-refractivity contribution is 7.26. The van der Waals surface area contributed by atoms with Crippen LogP contribution in [-0.2, 0) is 4.57 Å². The van der Waals surface area contributed by atoms with Crippen LogP contribution in [-0.4, -0.2) is 28.2 Å². The standard InChI is InChI=1S/C12H21F6O2P/c1-7(2,3)10(21-20,8(4,5)6)9(19,11(13,14)15)12(16,17)18/h19H,21H2,1-6H3. The average molecular weight is 342 g/mol. The van der Waals surface area contributed by atoms with E-state index in [1.807, 2.05) is 0 Å². The third kappa shape index (κ3) is 2.74. The van der Waals surface area contributed by atoms with Crippen LogP contribution >= 0.6 is 8.46 Å². The first-order valence-corrected chi connectivity index (χ1v) is 7.18. The van der Waals surface area contributed by atoms with Crippen LogP contribution in [0.2, 0.25) is 0 Å². The Morgan fingerprint density at radius 2 is 0.952 bits per heavy atom. The molecule has 0 fully saturated rings. The predicted octanol–water partition coefficient (Wildman–Crippen LogP) is 4.43. The molecule has 0 aromatic carbocycles. The molecule has 0 radical (unpaired) electrons. The van der Waals surface area contributed by atoms with Gasteiger partial charge >= 0.3 is 12.4 Å². The van der Waals surface area contributed by atoms with Gasteiger partial charge in [-0.3, -0.25) is 0 Å². The molecular formula is C12H21F6O2P. The Labute approximate surface area is 121 Å². The van der Waals surface area contributed by atoms with Crippen LogP contribution in [0.4, 0.5) is 26.3 Å². The fraction of sp³-hybridized carbons (Fsp3) is 1.00. The fourth-order valence-corrected chi connectivity index (χ4v) is 4.46. The van der Waals surface area contributed by atoms with Crippen molar-refractivity contribution in [3.05, 3.63) is 0 Å². The van der Waals surface area contributed by atoms with Crippen molar-refractivity contribution < 1.29 is 36.0 Å². The topological polar surface area (TPSA) is 37.3 Å². The van der Waals surface area contributed by atoms with Crippen molar-refractivity contribution >= 4 is 8.46 Å². The highest BCUT2D eigenvalue weighted by Gasteiger charge is 2.83. The minimum atomic E-state index is -6.01. The van der Waals surface area contributed by atoms with Crippen molar-refractivity contribution in [1.29, 1.82) is 0 Å². The van der Waals surface area contributed by atoms with Gasteiger partial charge < -0.3 is 9.67 Å². The third-order valence-electron chi connectivity index (χ3n) is 3.93. The Balaban J connectivity index is 7.02. The molecule has 0 saturated heterocycles. The molecule has 0 spiro atoms. The molecule has 1 N–H and O–H groups in total. The maximum absolute atomic E-state index is 13.2. The van der Waals surface area contributed by atoms with Gasteiger partial charge in [-0.05, 0) is 10.8 Å². The van der Waals surface area contributed by atoms with Crippen molar-refractivity contribution in [2.24, 2.45) is 10.8 Å². The van der Waals surface area contributed by atoms with Gasteiger partial charge in [0.15, 0.2) is 0 Å². The molecule has 0 aliphatic rings. The summed E-state index contributed by atoms with van der Waals surface area (Å²) in [5.74, 6) is 0. The average Bonchev–Trinajstić information content (AvgIpc) is 2.10. The molecule has 21 heavy (non-hydrogen) atoms. The van der Waals surface area contributed by atoms with Gasteiger partial charge in [0.2, 0.25) is 0 Å². The van der Waals surface area contributed by atoms with E-state index < -0.39 is 42.4 Å². The van der Waals surface area contributed by atoms with E-state index in [-0.39, 0.29) is 0 Å². The zero-order chi connectivity index (χ0) is 17.7. The highest BCUT2D eigenvalue weighted by Crippen LogP contribution is 2.66. The van der Waals surface area contributed by atoms with E-state index in [4.69, 9.17) is 0 Å². The van der Waals surface area contributed by atoms with Gasteiger partial charge in [-0.1, -0.05) is 41.5 Å². The molecule has 1 atom stereocenters. The first kappa shape index (κ1) is 20.8. The first-order valence-electron chi connectivity index (χ1n) is 6.13. The fourth-order valence-electron chi connectivity index (χ4n) is 3.26. The summed E-state index contributed by atoms with van der Waals surface area (Å²) < 4.78 is 91.2. The second-order valence-electron chi connectivity index (χ2n) is 7.13. The zero-order valence-electron chi connectivity index (χ0n) is 12.7. The van der Waals surface area contributed by atoms with Gasteiger partial charge in [0.05, 0.1) is 13.6 Å². The summed E-state index contributed by atoms with van der Waals surface area (Å²) in [6.07, 6.45) is -12.0. The third-order valence-corrected chi connectivity index (χ3v) is 6.44. The van der Waals surface area contributed by atoms with Gasteiger partial charge in [-0.2, -0.15) is 26.3 Å². The molecule has 0 heterocycles. The summed E-state index contributed by atoms with van der Waals surface area (Å²) in [6.45, 7) is 6.70. The Hall–Kier alpha value is -0.230. The van der Waals surface area contributed by atoms with Crippen molar-refractivity contribution in [3.8, 4) is 0 Å². The van der Waals surface area contributed by atoms with Gasteiger partial charge in [-0.25, -0.2) is 0 Å². The largest absolute Gasteiger partial charge is 0.427 e. The molecule has 0 aromatic heterocycles. The number of rotatable bonds is 2. The molecule has 0 amide bonds. The number of hydrogen-bond acceptors (Lipinski definition) is 2. The molecule has 0 aromatic rings. The van der Waals surface area contributed by atoms with E-state index >= 15 is 0 Å². The normalized spacial score (nSPS) is 16.8. The van der Waals surface area contributed by atoms with Crippen LogP contribution in [0.15, 0.2) is 0 Å². The number of hydrogen-bond donors (Lipinski definition) is 1. The number of alkyl halides is 6. The van der Waals surface area contributed by atoms with Crippen LogP contribution in [0.25, 0.3) is 0 Å². The summed E-state index contributed by atoms with van der Waals surface area (Å²) in [6, 6.07) is 0. The lowest BCUT2D eigenvalue weighted by Gasteiger charge is -2.58. The minimum Gasteiger partial charge on any atom is -0.373 e. The van der Waals surface area contributed by atoms with E-state index in [0.717, 1.165) is 41.5 Å². The molecule has 0 bridgehead atoms. The Morgan fingerprint density at radius 1 is 0.714 bits per heavy atom. The van der Waals surface area contributed by atoms with Gasteiger partial charge in [0.1, 0.15) is 0 Å². The predicted molar refractivity (Wildman–Crippen MR) is 69.1 cm³/mol. The molecule has 2 nitrogen and oxygen atoms in total. The highest BCUT2D eigenvalue weighted by atomic mass is 31.1. The van der Waals surface area contributed by atoms with E-state index in [9.17, 15) is 36.0 Å². The van der Waals surface area contributed by atoms with Gasteiger partial charge in [0.25, 0.3) is 5.60 Å². The molecule has 0 aliphatic heterocycles. The van der Waals surface area contributed by atoms with Crippen LogP contribution in [0.1, 0.15) is 41.5 Å². The lowest BCUT2D eigenvalue weighted by Crippen LogP contribution is -2.76. The SMILES string of the molecule is CC(C)(C)C([PH2]=O)(C(C)(C)C)C(O)(C(F)(F)F)C(F)(F)F. The lowest BCUT2D eigenvalue weighted by atomic mass is 9.57. The number of aliphatic hydroxyl groups is 1. The van der Waals surface area contributed by atoms with Gasteiger partial charge in [-0.15, -0.1) is 0 Å². The second-order valence-corrected chi connectivity index (χ2v) is 8.23. The van der Waals surface area contributed by atoms with E-state index in [2.05, 4.69) is 0 Å². The van der Waals surface area contributed by atoms with Crippen molar-refractivity contribution in [2.45, 2.75) is 64.7 Å². The molecule has 1 unspecified atom stereocenters. The first-order chi connectivity index (χ1) is 8.81. The quantitative estimate of drug-likeness (QED) is 0.595. The summed E-state index contributed by atoms with van der Waals surface area (Å²) in [4.78, 5) is 0. The number of halogens is 6. The molecule has 128 valence electrons. The molecule has 0 rings (SSSR count). The molecule has 0 saturated carbocycles. The van der Waals surface area contributed by atoms with Crippen LogP contribution < -0.4 is 0 Å². The van der Waals surface area contributed by atoms with Crippen molar-refractivity contribution in [3.63, 3.8) is 0 Å². The Bertz CT molecular complexity index is 372. The maximum Gasteiger partial charge on any atom is 0.427 e. The Kier molecular flexibility index (Phi) is 5.10. The second kappa shape index (κ2) is 5.15. The minimum absolute atomic E-state index is 1.12. The van der Waals surface area contributed by atoms with Crippen LogP contribution in [0.5, 0.6) is 0 Å². The Morgan fingerprint density at radius 3 is 1.00 bits per heavy atom. The van der Waals surface area contributed by atoms with Crippen molar-refractivity contribution in [2.75, 3.05) is 0 Å². The summed E-state index contributed by atoms with van der Waals surface area (Å²) >= 11 is 0. The lowest BCUT2D eigenvalue weighted by molar-refractivity contribution is -0.393. The summed E-state index contributed by atoms with van der Waals surface area (Å²) in [7, 11) is -2.61. The van der Waals surface area contributed by atoms with E-state index in [1.165, 1.54) is 0 Å². The maximum atomic E-state index is 13.2. The van der Waals surface area contributed by atoms with Crippen molar-refractivity contribution in [1.82, 2.24) is 0 Å². The molecule has 0 aliphatic carbocycles. The molecular weight excluding hydrogens is 321 g/mol.